The summed E-state index contributed by atoms with van der Waals surface area (Å²) in [5.74, 6) is -0.812. The second-order valence-electron chi connectivity index (χ2n) is 4.28. The summed E-state index contributed by atoms with van der Waals surface area (Å²) in [4.78, 5) is 12.9. The van der Waals surface area contributed by atoms with E-state index in [0.29, 0.717) is 0 Å². The fourth-order valence-electron chi connectivity index (χ4n) is 1.88. The van der Waals surface area contributed by atoms with Crippen LogP contribution in [-0.4, -0.2) is 28.0 Å². The lowest BCUT2D eigenvalue weighted by Gasteiger charge is -2.27. The summed E-state index contributed by atoms with van der Waals surface area (Å²) in [6, 6.07) is 8.02. The zero-order valence-electron chi connectivity index (χ0n) is 10.5. The van der Waals surface area contributed by atoms with E-state index in [0.717, 1.165) is 22.3 Å². The van der Waals surface area contributed by atoms with Crippen LogP contribution in [0.1, 0.15) is 20.3 Å². The largest absolute Gasteiger partial charge is 0.480 e. The van der Waals surface area contributed by atoms with Gasteiger partial charge in [0.05, 0.1) is 5.52 Å². The Balaban J connectivity index is 2.43. The second kappa shape index (κ2) is 5.35. The number of fused-ring (bicyclic) bond motifs is 1. The van der Waals surface area contributed by atoms with Crippen molar-refractivity contribution >= 4 is 33.4 Å². The van der Waals surface area contributed by atoms with Gasteiger partial charge in [0.25, 0.3) is 0 Å². The van der Waals surface area contributed by atoms with Gasteiger partial charge >= 0.3 is 5.97 Å². The van der Waals surface area contributed by atoms with Crippen molar-refractivity contribution in [3.05, 3.63) is 24.3 Å². The third-order valence-corrected chi connectivity index (χ3v) is 3.97. The minimum Gasteiger partial charge on any atom is -0.480 e. The van der Waals surface area contributed by atoms with Crippen LogP contribution in [0.3, 0.4) is 0 Å². The lowest BCUT2D eigenvalue weighted by Crippen LogP contribution is -2.36. The van der Waals surface area contributed by atoms with Crippen molar-refractivity contribution in [2.45, 2.75) is 26.3 Å². The van der Waals surface area contributed by atoms with Crippen LogP contribution >= 0.6 is 11.5 Å². The molecule has 1 aromatic carbocycles. The number of hydrogen-bond acceptors (Lipinski definition) is 4. The molecule has 4 nitrogen and oxygen atoms in total. The van der Waals surface area contributed by atoms with E-state index in [1.165, 1.54) is 11.5 Å². The Morgan fingerprint density at radius 3 is 2.89 bits per heavy atom. The van der Waals surface area contributed by atoms with Crippen molar-refractivity contribution in [2.24, 2.45) is 0 Å². The van der Waals surface area contributed by atoms with Crippen molar-refractivity contribution in [3.63, 3.8) is 0 Å². The summed E-state index contributed by atoms with van der Waals surface area (Å²) < 4.78 is 4.37. The maximum absolute atomic E-state index is 11.0. The third-order valence-electron chi connectivity index (χ3n) is 3.05. The average Bonchev–Trinajstić information content (AvgIpc) is 2.78. The van der Waals surface area contributed by atoms with Gasteiger partial charge < -0.3 is 10.0 Å². The minimum atomic E-state index is -0.812. The van der Waals surface area contributed by atoms with Crippen LogP contribution in [0.15, 0.2) is 24.3 Å². The van der Waals surface area contributed by atoms with Gasteiger partial charge in [-0.2, -0.15) is 4.37 Å². The van der Waals surface area contributed by atoms with Gasteiger partial charge in [-0.05, 0) is 37.0 Å². The Morgan fingerprint density at radius 2 is 2.22 bits per heavy atom. The summed E-state index contributed by atoms with van der Waals surface area (Å²) in [7, 11) is 0. The van der Waals surface area contributed by atoms with Crippen LogP contribution in [0.2, 0.25) is 0 Å². The van der Waals surface area contributed by atoms with E-state index in [-0.39, 0.29) is 12.6 Å². The molecule has 1 heterocycles. The number of aromatic nitrogens is 1. The Kier molecular flexibility index (Phi) is 3.81. The topological polar surface area (TPSA) is 53.4 Å². The molecule has 18 heavy (non-hydrogen) atoms. The molecule has 0 fully saturated rings. The van der Waals surface area contributed by atoms with Gasteiger partial charge in [0.1, 0.15) is 11.5 Å². The monoisotopic (exact) mass is 264 g/mol. The van der Waals surface area contributed by atoms with Crippen molar-refractivity contribution in [1.29, 1.82) is 0 Å². The van der Waals surface area contributed by atoms with Crippen LogP contribution < -0.4 is 4.90 Å². The van der Waals surface area contributed by atoms with Gasteiger partial charge in [0.15, 0.2) is 0 Å². The Morgan fingerprint density at radius 1 is 1.50 bits per heavy atom. The number of aliphatic carboxylic acids is 1. The maximum atomic E-state index is 11.0. The lowest BCUT2D eigenvalue weighted by atomic mass is 10.2. The standard InChI is InChI=1S/C13H16N2O2S/c1-3-9(2)15(8-12(16)17)13-10-6-4-5-7-11(10)14-18-13/h4-7,9H,3,8H2,1-2H3,(H,16,17). The molecule has 0 aliphatic carbocycles. The number of nitrogens with zero attached hydrogens (tertiary/aromatic N) is 2. The highest BCUT2D eigenvalue weighted by Gasteiger charge is 2.20. The molecule has 2 rings (SSSR count). The number of anilines is 1. The molecule has 0 saturated carbocycles. The quantitative estimate of drug-likeness (QED) is 0.902. The molecule has 1 atom stereocenters. The molecule has 0 spiro atoms. The summed E-state index contributed by atoms with van der Waals surface area (Å²) in [6.45, 7) is 4.11. The molecule has 0 aliphatic heterocycles. The number of rotatable bonds is 5. The molecule has 1 N–H and O–H groups in total. The van der Waals surface area contributed by atoms with Crippen LogP contribution in [0.4, 0.5) is 5.00 Å². The second-order valence-corrected chi connectivity index (χ2v) is 5.04. The average molecular weight is 264 g/mol. The van der Waals surface area contributed by atoms with Crippen molar-refractivity contribution < 1.29 is 9.90 Å². The lowest BCUT2D eigenvalue weighted by molar-refractivity contribution is -0.135. The molecule has 96 valence electrons. The molecule has 0 bridgehead atoms. The molecule has 1 aromatic heterocycles. The fraction of sp³-hybridized carbons (Fsp3) is 0.385. The molecular weight excluding hydrogens is 248 g/mol. The van der Waals surface area contributed by atoms with Gasteiger partial charge in [-0.1, -0.05) is 19.1 Å². The third kappa shape index (κ3) is 2.46. The summed E-state index contributed by atoms with van der Waals surface area (Å²) >= 11 is 1.37. The fourth-order valence-corrected chi connectivity index (χ4v) is 2.84. The van der Waals surface area contributed by atoms with E-state index < -0.39 is 5.97 Å². The normalized spacial score (nSPS) is 12.6. The Labute approximate surface area is 110 Å². The predicted molar refractivity (Wildman–Crippen MR) is 74.4 cm³/mol. The van der Waals surface area contributed by atoms with E-state index >= 15 is 0 Å². The van der Waals surface area contributed by atoms with Crippen LogP contribution in [-0.2, 0) is 4.79 Å². The molecule has 1 unspecified atom stereocenters. The Bertz CT molecular complexity index is 553. The number of carboxylic acids is 1. The van der Waals surface area contributed by atoms with E-state index in [9.17, 15) is 4.79 Å². The van der Waals surface area contributed by atoms with E-state index in [1.54, 1.807) is 0 Å². The van der Waals surface area contributed by atoms with Crippen molar-refractivity contribution in [2.75, 3.05) is 11.4 Å². The molecular formula is C13H16N2O2S. The SMILES string of the molecule is CCC(C)N(CC(=O)O)c1snc2ccccc12. The first-order valence-electron chi connectivity index (χ1n) is 5.96. The summed E-state index contributed by atoms with van der Waals surface area (Å²) in [5, 5.41) is 11.0. The number of carbonyl (C=O) groups is 1. The Hall–Kier alpha value is -1.62. The molecule has 0 radical (unpaired) electrons. The van der Waals surface area contributed by atoms with Gasteiger partial charge in [-0.3, -0.25) is 4.79 Å². The smallest absolute Gasteiger partial charge is 0.323 e. The number of benzene rings is 1. The van der Waals surface area contributed by atoms with Gasteiger partial charge in [0.2, 0.25) is 0 Å². The van der Waals surface area contributed by atoms with Gasteiger partial charge in [0, 0.05) is 11.4 Å². The van der Waals surface area contributed by atoms with Gasteiger partial charge in [-0.25, -0.2) is 0 Å². The first kappa shape index (κ1) is 12.8. The minimum absolute atomic E-state index is 0.0151. The number of carboxylic acid groups (broad SMARTS) is 1. The molecule has 0 aliphatic rings. The highest BCUT2D eigenvalue weighted by atomic mass is 32.1. The maximum Gasteiger partial charge on any atom is 0.323 e. The van der Waals surface area contributed by atoms with Crippen molar-refractivity contribution in [1.82, 2.24) is 4.37 Å². The van der Waals surface area contributed by atoms with Crippen LogP contribution in [0, 0.1) is 0 Å². The van der Waals surface area contributed by atoms with Gasteiger partial charge in [-0.15, -0.1) is 0 Å². The van der Waals surface area contributed by atoms with E-state index in [4.69, 9.17) is 5.11 Å². The highest BCUT2D eigenvalue weighted by Crippen LogP contribution is 2.32. The summed E-state index contributed by atoms with van der Waals surface area (Å²) in [5.41, 5.74) is 0.927. The summed E-state index contributed by atoms with van der Waals surface area (Å²) in [6.07, 6.45) is 0.902. The molecule has 2 aromatic rings. The molecule has 0 saturated heterocycles. The zero-order chi connectivity index (χ0) is 13.1. The number of hydrogen-bond donors (Lipinski definition) is 1. The predicted octanol–water partition coefficient (Wildman–Crippen LogP) is 2.99. The highest BCUT2D eigenvalue weighted by molar-refractivity contribution is 7.11. The van der Waals surface area contributed by atoms with Crippen molar-refractivity contribution in [3.8, 4) is 0 Å². The van der Waals surface area contributed by atoms with Crippen LogP contribution in [0.5, 0.6) is 0 Å². The molecule has 5 heteroatoms. The first-order valence-corrected chi connectivity index (χ1v) is 6.73. The van der Waals surface area contributed by atoms with Crippen LogP contribution in [0.25, 0.3) is 10.9 Å². The van der Waals surface area contributed by atoms with E-state index in [1.807, 2.05) is 36.1 Å². The molecule has 0 amide bonds. The zero-order valence-corrected chi connectivity index (χ0v) is 11.3. The van der Waals surface area contributed by atoms with E-state index in [2.05, 4.69) is 11.3 Å². The first-order chi connectivity index (χ1) is 8.63.